The molecule has 4 nitrogen and oxygen atoms in total. The summed E-state index contributed by atoms with van der Waals surface area (Å²) in [6.45, 7) is 4.65. The van der Waals surface area contributed by atoms with Gasteiger partial charge in [-0.2, -0.15) is 10.5 Å². The molecule has 0 radical (unpaired) electrons. The zero-order valence-corrected chi connectivity index (χ0v) is 11.7. The number of nitrogens with zero attached hydrogens (tertiary/aromatic N) is 2. The van der Waals surface area contributed by atoms with Gasteiger partial charge in [0.15, 0.2) is 0 Å². The topological polar surface area (TPSA) is 66.0 Å². The molecule has 0 aromatic rings. The third-order valence-electron chi connectivity index (χ3n) is 2.20. The summed E-state index contributed by atoms with van der Waals surface area (Å²) in [5.41, 5.74) is 0. The minimum atomic E-state index is 0.649. The molecule has 1 saturated carbocycles. The minimum Gasteiger partial charge on any atom is -0.431 e. The molecule has 0 aliphatic heterocycles. The van der Waals surface area contributed by atoms with E-state index in [9.17, 15) is 0 Å². The standard InChI is InChI=1S/C8H13NO.C2H3NO.C2H6.C2H2/c9-7-10-6-8-4-2-1-3-5-8;1-4-2-3;2*1-2/h8H,1-6H2;1H3;1-2H3;1-2H. The van der Waals surface area contributed by atoms with E-state index in [0.29, 0.717) is 12.5 Å². The van der Waals surface area contributed by atoms with Gasteiger partial charge in [-0.1, -0.05) is 33.1 Å². The molecule has 0 unspecified atom stereocenters. The molecule has 0 saturated heterocycles. The average molecular weight is 252 g/mol. The van der Waals surface area contributed by atoms with Crippen LogP contribution in [0.15, 0.2) is 0 Å². The molecule has 102 valence electrons. The first-order valence-corrected chi connectivity index (χ1v) is 6.11. The quantitative estimate of drug-likeness (QED) is 0.557. The maximum Gasteiger partial charge on any atom is 0.286 e. The van der Waals surface area contributed by atoms with E-state index in [1.54, 1.807) is 6.26 Å². The number of methoxy groups -OCH3 is 1. The summed E-state index contributed by atoms with van der Waals surface area (Å²) in [4.78, 5) is 0. The highest BCUT2D eigenvalue weighted by Crippen LogP contribution is 2.23. The highest BCUT2D eigenvalue weighted by atomic mass is 16.5. The molecule has 0 amide bonds. The summed E-state index contributed by atoms with van der Waals surface area (Å²) in [6, 6.07) is 0. The normalized spacial score (nSPS) is 12.4. The van der Waals surface area contributed by atoms with Crippen molar-refractivity contribution in [3.05, 3.63) is 0 Å². The molecule has 1 aliphatic carbocycles. The van der Waals surface area contributed by atoms with Gasteiger partial charge in [-0.25, -0.2) is 0 Å². The average Bonchev–Trinajstić information content (AvgIpc) is 2.50. The summed E-state index contributed by atoms with van der Waals surface area (Å²) in [5, 5.41) is 15.5. The molecular formula is C14H24N2O2. The van der Waals surface area contributed by atoms with Gasteiger partial charge in [0.1, 0.15) is 6.61 Å². The van der Waals surface area contributed by atoms with E-state index in [4.69, 9.17) is 10.5 Å². The molecule has 1 rings (SSSR count). The Kier molecular flexibility index (Phi) is 29.0. The summed E-state index contributed by atoms with van der Waals surface area (Å²) < 4.78 is 8.53. The van der Waals surface area contributed by atoms with Gasteiger partial charge in [0, 0.05) is 0 Å². The maximum atomic E-state index is 8.12. The molecule has 0 heterocycles. The fraction of sp³-hybridized carbons (Fsp3) is 0.714. The number of hydrogen-bond acceptors (Lipinski definition) is 4. The first kappa shape index (κ1) is 21.4. The van der Waals surface area contributed by atoms with Gasteiger partial charge in [0.25, 0.3) is 12.5 Å². The van der Waals surface area contributed by atoms with Crippen LogP contribution in [-0.4, -0.2) is 13.7 Å². The van der Waals surface area contributed by atoms with Crippen molar-refractivity contribution in [3.8, 4) is 25.4 Å². The molecule has 4 heteroatoms. The van der Waals surface area contributed by atoms with Crippen molar-refractivity contribution in [2.24, 2.45) is 5.92 Å². The molecular weight excluding hydrogens is 228 g/mol. The summed E-state index contributed by atoms with van der Waals surface area (Å²) in [5.74, 6) is 0.661. The van der Waals surface area contributed by atoms with Crippen molar-refractivity contribution in [2.75, 3.05) is 13.7 Å². The van der Waals surface area contributed by atoms with E-state index in [2.05, 4.69) is 22.3 Å². The predicted octanol–water partition coefficient (Wildman–Crippen LogP) is 3.45. The Morgan fingerprint density at radius 1 is 1.06 bits per heavy atom. The number of hydrogen-bond donors (Lipinski definition) is 0. The predicted molar refractivity (Wildman–Crippen MR) is 72.0 cm³/mol. The van der Waals surface area contributed by atoms with Crippen LogP contribution in [0.2, 0.25) is 0 Å². The first-order chi connectivity index (χ1) is 8.85. The lowest BCUT2D eigenvalue weighted by molar-refractivity contribution is 0.179. The number of terminal acetylenes is 1. The second-order valence-electron chi connectivity index (χ2n) is 3.20. The van der Waals surface area contributed by atoms with Crippen LogP contribution in [0, 0.1) is 41.8 Å². The molecule has 0 aromatic heterocycles. The van der Waals surface area contributed by atoms with Crippen LogP contribution in [0.5, 0.6) is 0 Å². The summed E-state index contributed by atoms with van der Waals surface area (Å²) in [7, 11) is 1.32. The summed E-state index contributed by atoms with van der Waals surface area (Å²) >= 11 is 0. The number of ether oxygens (including phenoxy) is 2. The number of nitriles is 2. The van der Waals surface area contributed by atoms with Gasteiger partial charge in [0.05, 0.1) is 7.11 Å². The van der Waals surface area contributed by atoms with Crippen LogP contribution in [-0.2, 0) is 9.47 Å². The second kappa shape index (κ2) is 24.4. The molecule has 0 atom stereocenters. The van der Waals surface area contributed by atoms with Crippen LogP contribution < -0.4 is 0 Å². The van der Waals surface area contributed by atoms with Crippen molar-refractivity contribution >= 4 is 0 Å². The van der Waals surface area contributed by atoms with E-state index < -0.39 is 0 Å². The Labute approximate surface area is 112 Å². The molecule has 0 bridgehead atoms. The van der Waals surface area contributed by atoms with Gasteiger partial charge in [-0.05, 0) is 18.8 Å². The fourth-order valence-corrected chi connectivity index (χ4v) is 1.51. The second-order valence-corrected chi connectivity index (χ2v) is 3.20. The molecule has 0 N–H and O–H groups in total. The number of rotatable bonds is 2. The van der Waals surface area contributed by atoms with Crippen LogP contribution in [0.25, 0.3) is 0 Å². The maximum absolute atomic E-state index is 8.12. The van der Waals surface area contributed by atoms with Crippen LogP contribution in [0.4, 0.5) is 0 Å². The zero-order chi connectivity index (χ0) is 14.6. The molecule has 1 aliphatic rings. The largest absolute Gasteiger partial charge is 0.431 e. The molecule has 1 fully saturated rings. The van der Waals surface area contributed by atoms with Crippen molar-refractivity contribution in [1.29, 1.82) is 10.5 Å². The fourth-order valence-electron chi connectivity index (χ4n) is 1.51. The van der Waals surface area contributed by atoms with E-state index in [1.165, 1.54) is 45.5 Å². The van der Waals surface area contributed by atoms with E-state index in [0.717, 1.165) is 0 Å². The lowest BCUT2D eigenvalue weighted by Crippen LogP contribution is -2.11. The lowest BCUT2D eigenvalue weighted by atomic mass is 9.90. The monoisotopic (exact) mass is 252 g/mol. The molecule has 18 heavy (non-hydrogen) atoms. The van der Waals surface area contributed by atoms with Gasteiger partial charge in [0.2, 0.25) is 0 Å². The Hall–Kier alpha value is -1.86. The van der Waals surface area contributed by atoms with Crippen molar-refractivity contribution < 1.29 is 9.47 Å². The zero-order valence-electron chi connectivity index (χ0n) is 11.7. The highest BCUT2D eigenvalue weighted by Gasteiger charge is 2.13. The molecule has 0 spiro atoms. The van der Waals surface area contributed by atoms with Crippen molar-refractivity contribution in [2.45, 2.75) is 46.0 Å². The van der Waals surface area contributed by atoms with Crippen molar-refractivity contribution in [1.82, 2.24) is 0 Å². The third kappa shape index (κ3) is 19.7. The van der Waals surface area contributed by atoms with Gasteiger partial charge in [-0.15, -0.1) is 12.8 Å². The molecule has 0 aromatic carbocycles. The Morgan fingerprint density at radius 3 is 1.83 bits per heavy atom. The minimum absolute atomic E-state index is 0.649. The Morgan fingerprint density at radius 2 is 1.50 bits per heavy atom. The lowest BCUT2D eigenvalue weighted by Gasteiger charge is -2.19. The van der Waals surface area contributed by atoms with Crippen LogP contribution >= 0.6 is 0 Å². The van der Waals surface area contributed by atoms with E-state index in [1.807, 2.05) is 13.8 Å². The third-order valence-corrected chi connectivity index (χ3v) is 2.20. The Bertz CT molecular complexity index is 232. The Balaban J connectivity index is -0.000000238. The smallest absolute Gasteiger partial charge is 0.286 e. The van der Waals surface area contributed by atoms with Gasteiger partial charge < -0.3 is 9.47 Å². The highest BCUT2D eigenvalue weighted by molar-refractivity contribution is 4.66. The van der Waals surface area contributed by atoms with E-state index in [-0.39, 0.29) is 0 Å². The first-order valence-electron chi connectivity index (χ1n) is 6.11. The van der Waals surface area contributed by atoms with Crippen LogP contribution in [0.3, 0.4) is 0 Å². The summed E-state index contributed by atoms with van der Waals surface area (Å²) in [6.07, 6.45) is 17.7. The SMILES string of the molecule is C#C.CC.COC#N.N#COCC1CCCCC1. The van der Waals surface area contributed by atoms with Gasteiger partial charge >= 0.3 is 0 Å². The van der Waals surface area contributed by atoms with E-state index >= 15 is 0 Å². The van der Waals surface area contributed by atoms with Crippen molar-refractivity contribution in [3.63, 3.8) is 0 Å². The van der Waals surface area contributed by atoms with Gasteiger partial charge in [-0.3, -0.25) is 0 Å². The van der Waals surface area contributed by atoms with Crippen LogP contribution in [0.1, 0.15) is 46.0 Å².